The van der Waals surface area contributed by atoms with Crippen LogP contribution in [0.25, 0.3) is 22.6 Å². The first kappa shape index (κ1) is 13.6. The first-order valence-corrected chi connectivity index (χ1v) is 7.38. The Bertz CT molecular complexity index is 965. The smallest absolute Gasteiger partial charge is 0.231 e. The summed E-state index contributed by atoms with van der Waals surface area (Å²) in [6.45, 7) is 3.98. The van der Waals surface area contributed by atoms with Gasteiger partial charge in [0.2, 0.25) is 11.7 Å². The number of nitrogens with zero attached hydrogens (tertiary/aromatic N) is 4. The lowest BCUT2D eigenvalue weighted by molar-refractivity contribution is 0.386. The molecule has 1 N–H and O–H groups in total. The van der Waals surface area contributed by atoms with Gasteiger partial charge in [-0.1, -0.05) is 5.16 Å². The summed E-state index contributed by atoms with van der Waals surface area (Å²) >= 11 is 0. The Balaban J connectivity index is 1.65. The summed E-state index contributed by atoms with van der Waals surface area (Å²) < 4.78 is 5.39. The predicted molar refractivity (Wildman–Crippen MR) is 85.9 cm³/mol. The zero-order valence-corrected chi connectivity index (χ0v) is 12.9. The zero-order chi connectivity index (χ0) is 15.8. The number of nitrogens with one attached hydrogen (secondary N) is 1. The van der Waals surface area contributed by atoms with Crippen LogP contribution in [0.4, 0.5) is 0 Å². The molecule has 114 valence electrons. The number of hydrogen-bond acceptors (Lipinski definition) is 5. The molecule has 0 unspecified atom stereocenters. The van der Waals surface area contributed by atoms with Gasteiger partial charge in [0.1, 0.15) is 11.3 Å². The third-order valence-corrected chi connectivity index (χ3v) is 3.67. The van der Waals surface area contributed by atoms with Crippen molar-refractivity contribution >= 4 is 11.0 Å². The predicted octanol–water partition coefficient (Wildman–Crippen LogP) is 3.22. The number of pyridine rings is 2. The van der Waals surface area contributed by atoms with E-state index in [0.29, 0.717) is 18.1 Å². The fraction of sp³-hybridized carbons (Fsp3) is 0.176. The summed E-state index contributed by atoms with van der Waals surface area (Å²) in [4.78, 5) is 16.4. The normalized spacial score (nSPS) is 11.2. The van der Waals surface area contributed by atoms with E-state index in [1.165, 1.54) is 0 Å². The Kier molecular flexibility index (Phi) is 3.15. The second-order valence-electron chi connectivity index (χ2n) is 5.57. The molecule has 0 bridgehead atoms. The number of aryl methyl sites for hydroxylation is 2. The van der Waals surface area contributed by atoms with E-state index in [1.54, 1.807) is 6.20 Å². The summed E-state index contributed by atoms with van der Waals surface area (Å²) in [5, 5.41) is 5.12. The van der Waals surface area contributed by atoms with Crippen LogP contribution in [-0.2, 0) is 6.42 Å². The third kappa shape index (κ3) is 2.59. The molecule has 0 aliphatic rings. The highest BCUT2D eigenvalue weighted by atomic mass is 16.5. The lowest BCUT2D eigenvalue weighted by Crippen LogP contribution is -1.91. The van der Waals surface area contributed by atoms with Crippen molar-refractivity contribution < 1.29 is 4.52 Å². The van der Waals surface area contributed by atoms with Gasteiger partial charge in [-0.15, -0.1) is 0 Å². The fourth-order valence-corrected chi connectivity index (χ4v) is 2.71. The molecular weight excluding hydrogens is 290 g/mol. The van der Waals surface area contributed by atoms with E-state index in [4.69, 9.17) is 4.52 Å². The molecule has 0 aliphatic carbocycles. The van der Waals surface area contributed by atoms with Gasteiger partial charge in [-0.05, 0) is 49.2 Å². The molecule has 6 heteroatoms. The number of aromatic amines is 1. The molecule has 4 heterocycles. The molecule has 0 radical (unpaired) electrons. The number of aromatic nitrogens is 5. The maximum absolute atomic E-state index is 5.39. The van der Waals surface area contributed by atoms with Crippen molar-refractivity contribution in [1.29, 1.82) is 0 Å². The molecule has 23 heavy (non-hydrogen) atoms. The Labute approximate surface area is 132 Å². The first-order valence-electron chi connectivity index (χ1n) is 7.38. The number of fused-ring (bicyclic) bond motifs is 1. The number of hydrogen-bond donors (Lipinski definition) is 1. The van der Waals surface area contributed by atoms with Crippen LogP contribution in [0.2, 0.25) is 0 Å². The lowest BCUT2D eigenvalue weighted by Gasteiger charge is -1.98. The highest BCUT2D eigenvalue weighted by Gasteiger charge is 2.13. The molecular formula is C17H15N5O. The second kappa shape index (κ2) is 5.31. The van der Waals surface area contributed by atoms with Crippen LogP contribution >= 0.6 is 0 Å². The van der Waals surface area contributed by atoms with Gasteiger partial charge in [0, 0.05) is 23.5 Å². The average molecular weight is 305 g/mol. The Morgan fingerprint density at radius 1 is 1.17 bits per heavy atom. The van der Waals surface area contributed by atoms with Gasteiger partial charge in [0.25, 0.3) is 0 Å². The van der Waals surface area contributed by atoms with E-state index in [0.717, 1.165) is 33.5 Å². The second-order valence-corrected chi connectivity index (χ2v) is 5.57. The van der Waals surface area contributed by atoms with E-state index < -0.39 is 0 Å². The summed E-state index contributed by atoms with van der Waals surface area (Å²) in [5.41, 5.74) is 4.74. The lowest BCUT2D eigenvalue weighted by atomic mass is 10.1. The molecule has 4 rings (SSSR count). The Morgan fingerprint density at radius 3 is 2.96 bits per heavy atom. The minimum Gasteiger partial charge on any atom is -0.346 e. The van der Waals surface area contributed by atoms with Gasteiger partial charge in [-0.25, -0.2) is 9.97 Å². The monoisotopic (exact) mass is 305 g/mol. The first-order chi connectivity index (χ1) is 11.2. The summed E-state index contributed by atoms with van der Waals surface area (Å²) in [6, 6.07) is 7.91. The van der Waals surface area contributed by atoms with Crippen molar-refractivity contribution in [3.05, 3.63) is 59.4 Å². The standard InChI is InChI=1S/C17H15N5O/c1-10-6-11(2)20-14(7-10)17-21-15(23-22-17)8-12-9-19-16-13(12)4-3-5-18-16/h3-7,9H,8H2,1-2H3,(H,18,19). The van der Waals surface area contributed by atoms with Gasteiger partial charge in [-0.3, -0.25) is 0 Å². The Morgan fingerprint density at radius 2 is 2.09 bits per heavy atom. The minimum absolute atomic E-state index is 0.518. The average Bonchev–Trinajstić information content (AvgIpc) is 3.15. The van der Waals surface area contributed by atoms with Crippen LogP contribution in [-0.4, -0.2) is 25.1 Å². The van der Waals surface area contributed by atoms with E-state index >= 15 is 0 Å². The van der Waals surface area contributed by atoms with Crippen molar-refractivity contribution in [3.63, 3.8) is 0 Å². The summed E-state index contributed by atoms with van der Waals surface area (Å²) in [6.07, 6.45) is 4.25. The molecule has 4 aromatic heterocycles. The van der Waals surface area contributed by atoms with Crippen molar-refractivity contribution in [1.82, 2.24) is 25.1 Å². The fourth-order valence-electron chi connectivity index (χ4n) is 2.71. The molecule has 0 aromatic carbocycles. The topological polar surface area (TPSA) is 80.5 Å². The highest BCUT2D eigenvalue weighted by molar-refractivity contribution is 5.79. The molecule has 0 fully saturated rings. The SMILES string of the molecule is Cc1cc(C)nc(-c2noc(Cc3c[nH]c4ncccc34)n2)c1. The van der Waals surface area contributed by atoms with Crippen LogP contribution in [0.15, 0.2) is 41.2 Å². The van der Waals surface area contributed by atoms with E-state index in [9.17, 15) is 0 Å². The van der Waals surface area contributed by atoms with E-state index in [2.05, 4.69) is 25.1 Å². The van der Waals surface area contributed by atoms with E-state index in [-0.39, 0.29) is 0 Å². The van der Waals surface area contributed by atoms with Gasteiger partial charge in [0.15, 0.2) is 0 Å². The molecule has 0 saturated carbocycles. The molecule has 0 spiro atoms. The summed E-state index contributed by atoms with van der Waals surface area (Å²) in [7, 11) is 0. The molecule has 0 atom stereocenters. The zero-order valence-electron chi connectivity index (χ0n) is 12.9. The molecule has 0 aliphatic heterocycles. The summed E-state index contributed by atoms with van der Waals surface area (Å²) in [5.74, 6) is 1.08. The molecule has 4 aromatic rings. The number of H-pyrrole nitrogens is 1. The largest absolute Gasteiger partial charge is 0.346 e. The van der Waals surface area contributed by atoms with Crippen LogP contribution in [0.5, 0.6) is 0 Å². The van der Waals surface area contributed by atoms with Crippen molar-refractivity contribution in [3.8, 4) is 11.5 Å². The maximum Gasteiger partial charge on any atom is 0.231 e. The number of rotatable bonds is 3. The van der Waals surface area contributed by atoms with Crippen LogP contribution in [0, 0.1) is 13.8 Å². The van der Waals surface area contributed by atoms with Gasteiger partial charge in [-0.2, -0.15) is 4.98 Å². The van der Waals surface area contributed by atoms with Gasteiger partial charge >= 0.3 is 0 Å². The van der Waals surface area contributed by atoms with Crippen LogP contribution in [0.3, 0.4) is 0 Å². The van der Waals surface area contributed by atoms with Crippen molar-refractivity contribution in [2.75, 3.05) is 0 Å². The van der Waals surface area contributed by atoms with Crippen LogP contribution < -0.4 is 0 Å². The van der Waals surface area contributed by atoms with E-state index in [1.807, 2.05) is 44.3 Å². The third-order valence-electron chi connectivity index (χ3n) is 3.67. The molecule has 6 nitrogen and oxygen atoms in total. The Hall–Kier alpha value is -3.02. The highest BCUT2D eigenvalue weighted by Crippen LogP contribution is 2.21. The quantitative estimate of drug-likeness (QED) is 0.628. The van der Waals surface area contributed by atoms with Gasteiger partial charge < -0.3 is 9.51 Å². The minimum atomic E-state index is 0.518. The van der Waals surface area contributed by atoms with Crippen molar-refractivity contribution in [2.24, 2.45) is 0 Å². The molecule has 0 saturated heterocycles. The maximum atomic E-state index is 5.39. The molecule has 0 amide bonds. The van der Waals surface area contributed by atoms with Crippen molar-refractivity contribution in [2.45, 2.75) is 20.3 Å². The van der Waals surface area contributed by atoms with Gasteiger partial charge in [0.05, 0.1) is 6.42 Å². The van der Waals surface area contributed by atoms with Crippen LogP contribution in [0.1, 0.15) is 22.7 Å².